The van der Waals surface area contributed by atoms with Gasteiger partial charge in [0, 0.05) is 76.8 Å². The van der Waals surface area contributed by atoms with E-state index >= 15 is 0 Å². The highest BCUT2D eigenvalue weighted by Gasteiger charge is 2.39. The number of amides is 3. The van der Waals surface area contributed by atoms with Crippen LogP contribution >= 0.6 is 0 Å². The van der Waals surface area contributed by atoms with Crippen LogP contribution in [0.15, 0.2) is 48.8 Å². The lowest BCUT2D eigenvalue weighted by Crippen LogP contribution is -2.47. The highest BCUT2D eigenvalue weighted by molar-refractivity contribution is 6.03. The molecule has 3 saturated heterocycles. The number of para-hydroxylation sites is 1. The standard InChI is InChI=1S/C41H49N11O3/c1-48(2)39(55)32-23-26-24-43-40(46-37(26)52(32)27-7-4-5-8-27)44-33-13-11-28(25-42-33)50-19-15-41(16-20-50)17-21-51(22-18-41)31-10-6-9-29-35(47-49(3)36(29)31)30-12-14-34(53)45-38(30)54/h6,9-11,13,23-25,27,30H,4-5,7-8,12,14-22H2,1-3H3,(H,45,53,54)(H,42,43,44,46)/t30-/m1/s1. The Hall–Kier alpha value is -5.53. The van der Waals surface area contributed by atoms with Gasteiger partial charge < -0.3 is 24.6 Å². The molecular formula is C41H49N11O3. The van der Waals surface area contributed by atoms with Crippen molar-refractivity contribution in [3.05, 3.63) is 60.2 Å². The van der Waals surface area contributed by atoms with Crippen molar-refractivity contribution in [3.63, 3.8) is 0 Å². The quantitative estimate of drug-likeness (QED) is 0.200. The maximum Gasteiger partial charge on any atom is 0.270 e. The van der Waals surface area contributed by atoms with E-state index in [4.69, 9.17) is 15.1 Å². The van der Waals surface area contributed by atoms with Crippen LogP contribution in [0.2, 0.25) is 0 Å². The Morgan fingerprint density at radius 3 is 2.36 bits per heavy atom. The number of aromatic nitrogens is 6. The third kappa shape index (κ3) is 6.44. The topological polar surface area (TPSA) is 146 Å². The van der Waals surface area contributed by atoms with Gasteiger partial charge in [-0.05, 0) is 74.6 Å². The molecule has 1 atom stereocenters. The van der Waals surface area contributed by atoms with E-state index in [1.54, 1.807) is 25.2 Å². The van der Waals surface area contributed by atoms with Crippen LogP contribution < -0.4 is 20.4 Å². The van der Waals surface area contributed by atoms with Gasteiger partial charge in [0.05, 0.1) is 34.7 Å². The molecule has 14 heteroatoms. The molecule has 0 radical (unpaired) electrons. The molecule has 4 fully saturated rings. The van der Waals surface area contributed by atoms with E-state index in [1.807, 2.05) is 30.1 Å². The first-order valence-corrected chi connectivity index (χ1v) is 19.8. The molecule has 4 aliphatic rings. The number of rotatable bonds is 7. The van der Waals surface area contributed by atoms with Crippen LogP contribution in [-0.4, -0.2) is 92.2 Å². The number of pyridine rings is 1. The largest absolute Gasteiger partial charge is 0.370 e. The molecule has 7 heterocycles. The lowest BCUT2D eigenvalue weighted by atomic mass is 9.71. The number of anilines is 4. The fourth-order valence-corrected chi connectivity index (χ4v) is 9.53. The zero-order valence-electron chi connectivity index (χ0n) is 31.9. The van der Waals surface area contributed by atoms with Gasteiger partial charge in [0.1, 0.15) is 17.2 Å². The Morgan fingerprint density at radius 2 is 1.67 bits per heavy atom. The van der Waals surface area contributed by atoms with Gasteiger partial charge in [-0.2, -0.15) is 10.1 Å². The Kier molecular flexibility index (Phi) is 8.93. The number of fused-ring (bicyclic) bond motifs is 2. The van der Waals surface area contributed by atoms with Gasteiger partial charge in [-0.15, -0.1) is 0 Å². The second kappa shape index (κ2) is 14.0. The first-order valence-electron chi connectivity index (χ1n) is 19.8. The molecule has 5 aromatic rings. The lowest BCUT2D eigenvalue weighted by molar-refractivity contribution is -0.134. The number of nitrogens with zero attached hydrogens (tertiary/aromatic N) is 9. The molecule has 55 heavy (non-hydrogen) atoms. The average Bonchev–Trinajstić information content (AvgIpc) is 3.93. The molecule has 286 valence electrons. The van der Waals surface area contributed by atoms with Crippen molar-refractivity contribution in [2.45, 2.75) is 76.2 Å². The summed E-state index contributed by atoms with van der Waals surface area (Å²) in [7, 11) is 5.53. The number of hydrogen-bond acceptors (Lipinski definition) is 10. The number of imide groups is 1. The molecule has 0 unspecified atom stereocenters. The van der Waals surface area contributed by atoms with Crippen molar-refractivity contribution in [1.29, 1.82) is 0 Å². The molecule has 1 aromatic carbocycles. The van der Waals surface area contributed by atoms with Crippen molar-refractivity contribution in [2.24, 2.45) is 12.5 Å². The Morgan fingerprint density at radius 1 is 0.927 bits per heavy atom. The molecule has 9 rings (SSSR count). The zero-order valence-corrected chi connectivity index (χ0v) is 31.9. The maximum atomic E-state index is 13.1. The third-order valence-electron chi connectivity index (χ3n) is 12.7. The predicted octanol–water partition coefficient (Wildman–Crippen LogP) is 5.68. The van der Waals surface area contributed by atoms with Gasteiger partial charge in [-0.3, -0.25) is 24.4 Å². The molecule has 1 saturated carbocycles. The number of carbonyl (C=O) groups is 3. The van der Waals surface area contributed by atoms with Crippen molar-refractivity contribution >= 4 is 62.8 Å². The lowest BCUT2D eigenvalue weighted by Gasteiger charge is -2.48. The van der Waals surface area contributed by atoms with Crippen LogP contribution in [0, 0.1) is 5.41 Å². The number of nitrogens with one attached hydrogen (secondary N) is 2. The minimum absolute atomic E-state index is 0.0205. The van der Waals surface area contributed by atoms with Gasteiger partial charge in [-0.25, -0.2) is 9.97 Å². The average molecular weight is 744 g/mol. The number of carbonyl (C=O) groups excluding carboxylic acids is 3. The van der Waals surface area contributed by atoms with E-state index in [1.165, 1.54) is 0 Å². The Balaban J connectivity index is 0.837. The molecule has 2 N–H and O–H groups in total. The first-order chi connectivity index (χ1) is 26.7. The molecule has 3 amide bonds. The van der Waals surface area contributed by atoms with E-state index in [2.05, 4.69) is 54.2 Å². The normalized spacial score (nSPS) is 20.5. The molecule has 14 nitrogen and oxygen atoms in total. The van der Waals surface area contributed by atoms with E-state index < -0.39 is 5.92 Å². The smallest absolute Gasteiger partial charge is 0.270 e. The van der Waals surface area contributed by atoms with E-state index in [0.717, 1.165) is 117 Å². The van der Waals surface area contributed by atoms with Crippen LogP contribution in [0.4, 0.5) is 23.1 Å². The van der Waals surface area contributed by atoms with Gasteiger partial charge in [0.15, 0.2) is 0 Å². The highest BCUT2D eigenvalue weighted by Crippen LogP contribution is 2.44. The summed E-state index contributed by atoms with van der Waals surface area (Å²) in [5, 5.41) is 12.5. The SMILES string of the molecule is CN(C)C(=O)c1cc2cnc(Nc3ccc(N4CCC5(CC4)CCN(c4cccc6c([C@H]7CCC(=O)NC7=O)nn(C)c46)CC5)cn3)nc2n1C1CCCC1. The molecular weight excluding hydrogens is 695 g/mol. The summed E-state index contributed by atoms with van der Waals surface area (Å²) >= 11 is 0. The summed E-state index contributed by atoms with van der Waals surface area (Å²) in [6, 6.07) is 12.6. The second-order valence-corrected chi connectivity index (χ2v) is 16.2. The van der Waals surface area contributed by atoms with Crippen molar-refractivity contribution < 1.29 is 14.4 Å². The van der Waals surface area contributed by atoms with Crippen LogP contribution in [0.3, 0.4) is 0 Å². The van der Waals surface area contributed by atoms with Gasteiger partial charge in [0.25, 0.3) is 5.91 Å². The third-order valence-corrected chi connectivity index (χ3v) is 12.7. The fraction of sp³-hybridized carbons (Fsp3) is 0.488. The minimum Gasteiger partial charge on any atom is -0.370 e. The number of hydrogen-bond donors (Lipinski definition) is 2. The van der Waals surface area contributed by atoms with Crippen LogP contribution in [0.25, 0.3) is 21.9 Å². The van der Waals surface area contributed by atoms with Crippen LogP contribution in [-0.2, 0) is 16.6 Å². The second-order valence-electron chi connectivity index (χ2n) is 16.2. The van der Waals surface area contributed by atoms with Gasteiger partial charge in [0.2, 0.25) is 17.8 Å². The number of benzene rings is 1. The molecule has 1 spiro atoms. The van der Waals surface area contributed by atoms with Crippen LogP contribution in [0.5, 0.6) is 0 Å². The van der Waals surface area contributed by atoms with Crippen molar-refractivity contribution in [2.75, 3.05) is 55.4 Å². The number of piperidine rings is 3. The molecule has 4 aromatic heterocycles. The monoisotopic (exact) mass is 743 g/mol. The Bertz CT molecular complexity index is 2270. The Labute approximate surface area is 320 Å². The highest BCUT2D eigenvalue weighted by atomic mass is 16.2. The fourth-order valence-electron chi connectivity index (χ4n) is 9.53. The molecule has 3 aliphatic heterocycles. The van der Waals surface area contributed by atoms with Crippen molar-refractivity contribution in [1.82, 2.24) is 39.5 Å². The summed E-state index contributed by atoms with van der Waals surface area (Å²) in [4.78, 5) is 58.4. The zero-order chi connectivity index (χ0) is 37.8. The summed E-state index contributed by atoms with van der Waals surface area (Å²) in [6.45, 7) is 3.94. The molecule has 0 bridgehead atoms. The van der Waals surface area contributed by atoms with Crippen molar-refractivity contribution in [3.8, 4) is 0 Å². The molecule has 1 aliphatic carbocycles. The summed E-state index contributed by atoms with van der Waals surface area (Å²) < 4.78 is 4.04. The van der Waals surface area contributed by atoms with E-state index in [9.17, 15) is 14.4 Å². The summed E-state index contributed by atoms with van der Waals surface area (Å²) in [5.41, 5.74) is 5.86. The van der Waals surface area contributed by atoms with E-state index in [0.29, 0.717) is 35.7 Å². The summed E-state index contributed by atoms with van der Waals surface area (Å²) in [6.07, 6.45) is 13.5. The first kappa shape index (κ1) is 35.2. The number of aryl methyl sites for hydroxylation is 1. The van der Waals surface area contributed by atoms with Gasteiger partial charge in [-0.1, -0.05) is 25.0 Å². The van der Waals surface area contributed by atoms with E-state index in [-0.39, 0.29) is 23.8 Å². The predicted molar refractivity (Wildman–Crippen MR) is 212 cm³/mol. The van der Waals surface area contributed by atoms with Crippen LogP contribution in [0.1, 0.15) is 92.4 Å². The summed E-state index contributed by atoms with van der Waals surface area (Å²) in [5.74, 6) is 0.259. The minimum atomic E-state index is -0.409. The van der Waals surface area contributed by atoms with Gasteiger partial charge >= 0.3 is 0 Å². The maximum absolute atomic E-state index is 13.1.